The fourth-order valence-corrected chi connectivity index (χ4v) is 5.05. The Hall–Kier alpha value is -1.42. The molecular formula is C19H31N3O5S. The second-order valence-electron chi connectivity index (χ2n) is 7.74. The molecule has 0 N–H and O–H groups in total. The van der Waals surface area contributed by atoms with E-state index in [1.54, 1.807) is 22.3 Å². The molecule has 0 saturated carbocycles. The molecule has 2 saturated heterocycles. The summed E-state index contributed by atoms with van der Waals surface area (Å²) in [5.74, 6) is -0.0675. The van der Waals surface area contributed by atoms with Crippen LogP contribution in [0.3, 0.4) is 0 Å². The molecular weight excluding hydrogens is 382 g/mol. The topological polar surface area (TPSA) is 83.3 Å². The van der Waals surface area contributed by atoms with Crippen LogP contribution in [0.4, 0.5) is 0 Å². The average Bonchev–Trinajstić information content (AvgIpc) is 3.22. The average molecular weight is 414 g/mol. The first-order chi connectivity index (χ1) is 13.4. The molecule has 1 unspecified atom stereocenters. The minimum atomic E-state index is -3.19. The maximum atomic E-state index is 12.5. The van der Waals surface area contributed by atoms with Crippen molar-refractivity contribution in [3.8, 4) is 0 Å². The third-order valence-electron chi connectivity index (χ3n) is 5.77. The second kappa shape index (κ2) is 9.39. The van der Waals surface area contributed by atoms with Crippen molar-refractivity contribution < 1.29 is 22.4 Å². The quantitative estimate of drug-likeness (QED) is 0.669. The molecule has 3 heterocycles. The van der Waals surface area contributed by atoms with Crippen molar-refractivity contribution >= 4 is 15.9 Å². The molecule has 3 rings (SSSR count). The number of ether oxygens (including phenoxy) is 1. The maximum absolute atomic E-state index is 12.5. The molecule has 2 aliphatic heterocycles. The van der Waals surface area contributed by atoms with Crippen LogP contribution in [0.25, 0.3) is 0 Å². The van der Waals surface area contributed by atoms with Crippen LogP contribution in [0.5, 0.6) is 0 Å². The van der Waals surface area contributed by atoms with Crippen molar-refractivity contribution in [1.82, 2.24) is 14.1 Å². The summed E-state index contributed by atoms with van der Waals surface area (Å²) in [7, 11) is -1.40. The SMILES string of the molecule is CN(CCN(C1CCOCC1)C1CCCN(S(C)(=O)=O)C1)C(=O)c1ccoc1. The van der Waals surface area contributed by atoms with Gasteiger partial charge in [0.1, 0.15) is 6.26 Å². The Bertz CT molecular complexity index is 731. The van der Waals surface area contributed by atoms with Crippen LogP contribution in [0, 0.1) is 0 Å². The highest BCUT2D eigenvalue weighted by Gasteiger charge is 2.34. The van der Waals surface area contributed by atoms with E-state index in [9.17, 15) is 13.2 Å². The molecule has 0 spiro atoms. The highest BCUT2D eigenvalue weighted by atomic mass is 32.2. The van der Waals surface area contributed by atoms with Crippen molar-refractivity contribution in [2.45, 2.75) is 37.8 Å². The van der Waals surface area contributed by atoms with E-state index in [1.807, 2.05) is 0 Å². The van der Waals surface area contributed by atoms with Crippen molar-refractivity contribution in [3.63, 3.8) is 0 Å². The third kappa shape index (κ3) is 5.34. The van der Waals surface area contributed by atoms with Gasteiger partial charge in [0.05, 0.1) is 18.1 Å². The molecule has 158 valence electrons. The van der Waals surface area contributed by atoms with E-state index in [1.165, 1.54) is 18.8 Å². The lowest BCUT2D eigenvalue weighted by molar-refractivity contribution is 0.00319. The Balaban J connectivity index is 1.67. The van der Waals surface area contributed by atoms with E-state index < -0.39 is 10.0 Å². The summed E-state index contributed by atoms with van der Waals surface area (Å²) in [5, 5.41) is 0. The Morgan fingerprint density at radius 2 is 1.96 bits per heavy atom. The molecule has 28 heavy (non-hydrogen) atoms. The molecule has 1 aromatic rings. The number of carbonyl (C=O) groups is 1. The van der Waals surface area contributed by atoms with Crippen LogP contribution in [0.2, 0.25) is 0 Å². The zero-order chi connectivity index (χ0) is 20.1. The predicted molar refractivity (Wildman–Crippen MR) is 106 cm³/mol. The van der Waals surface area contributed by atoms with Gasteiger partial charge in [-0.2, -0.15) is 0 Å². The number of sulfonamides is 1. The van der Waals surface area contributed by atoms with Gasteiger partial charge in [-0.1, -0.05) is 0 Å². The summed E-state index contributed by atoms with van der Waals surface area (Å²) in [6, 6.07) is 2.19. The maximum Gasteiger partial charge on any atom is 0.256 e. The first-order valence-electron chi connectivity index (χ1n) is 9.92. The van der Waals surface area contributed by atoms with Gasteiger partial charge in [-0.3, -0.25) is 9.69 Å². The van der Waals surface area contributed by atoms with Crippen LogP contribution in [-0.4, -0.2) is 93.2 Å². The molecule has 9 heteroatoms. The number of carbonyl (C=O) groups excluding carboxylic acids is 1. The lowest BCUT2D eigenvalue weighted by Gasteiger charge is -2.44. The van der Waals surface area contributed by atoms with Gasteiger partial charge >= 0.3 is 0 Å². The summed E-state index contributed by atoms with van der Waals surface area (Å²) in [6.45, 7) is 3.87. The second-order valence-corrected chi connectivity index (χ2v) is 9.72. The monoisotopic (exact) mass is 413 g/mol. The molecule has 1 amide bonds. The number of piperidine rings is 1. The van der Waals surface area contributed by atoms with E-state index in [0.717, 1.165) is 38.9 Å². The van der Waals surface area contributed by atoms with Gasteiger partial charge in [-0.15, -0.1) is 0 Å². The van der Waals surface area contributed by atoms with E-state index in [0.29, 0.717) is 37.8 Å². The fraction of sp³-hybridized carbons (Fsp3) is 0.737. The van der Waals surface area contributed by atoms with Gasteiger partial charge in [0.15, 0.2) is 0 Å². The molecule has 1 atom stereocenters. The predicted octanol–water partition coefficient (Wildman–Crippen LogP) is 1.26. The normalized spacial score (nSPS) is 22.5. The molecule has 2 fully saturated rings. The fourth-order valence-electron chi connectivity index (χ4n) is 4.15. The zero-order valence-electron chi connectivity index (χ0n) is 16.7. The van der Waals surface area contributed by atoms with E-state index in [4.69, 9.17) is 9.15 Å². The number of likely N-dealkylation sites (N-methyl/N-ethyl adjacent to an activating group) is 1. The highest BCUT2D eigenvalue weighted by Crippen LogP contribution is 2.24. The molecule has 0 aromatic carbocycles. The minimum Gasteiger partial charge on any atom is -0.472 e. The summed E-state index contributed by atoms with van der Waals surface area (Å²) < 4.78 is 36.2. The van der Waals surface area contributed by atoms with Crippen LogP contribution >= 0.6 is 0 Å². The summed E-state index contributed by atoms with van der Waals surface area (Å²) in [5.41, 5.74) is 0.543. The molecule has 0 radical (unpaired) electrons. The number of hydrogen-bond donors (Lipinski definition) is 0. The number of rotatable bonds is 7. The highest BCUT2D eigenvalue weighted by molar-refractivity contribution is 7.88. The Kier molecular flexibility index (Phi) is 7.14. The lowest BCUT2D eigenvalue weighted by atomic mass is 9.99. The van der Waals surface area contributed by atoms with Crippen molar-refractivity contribution in [2.24, 2.45) is 0 Å². The summed E-state index contributed by atoms with van der Waals surface area (Å²) >= 11 is 0. The standard InChI is InChI=1S/C19H31N3O5S/c1-20(19(23)16-5-11-27-15-16)9-10-22(17-6-12-26-13-7-17)18-4-3-8-21(14-18)28(2,24)25/h5,11,15,17-18H,3-4,6-10,12-14H2,1-2H3. The van der Waals surface area contributed by atoms with Gasteiger partial charge in [0.25, 0.3) is 5.91 Å². The van der Waals surface area contributed by atoms with Crippen LogP contribution in [-0.2, 0) is 14.8 Å². The van der Waals surface area contributed by atoms with Gasteiger partial charge in [-0.05, 0) is 31.7 Å². The Morgan fingerprint density at radius 1 is 1.21 bits per heavy atom. The molecule has 0 bridgehead atoms. The van der Waals surface area contributed by atoms with Crippen LogP contribution in [0.1, 0.15) is 36.0 Å². The van der Waals surface area contributed by atoms with Crippen molar-refractivity contribution in [1.29, 1.82) is 0 Å². The Morgan fingerprint density at radius 3 is 2.61 bits per heavy atom. The van der Waals surface area contributed by atoms with Gasteiger partial charge in [0, 0.05) is 58.5 Å². The third-order valence-corrected chi connectivity index (χ3v) is 7.04. The summed E-state index contributed by atoms with van der Waals surface area (Å²) in [6.07, 6.45) is 7.95. The van der Waals surface area contributed by atoms with E-state index in [-0.39, 0.29) is 11.9 Å². The lowest BCUT2D eigenvalue weighted by Crippen LogP contribution is -2.55. The minimum absolute atomic E-state index is 0.0675. The smallest absolute Gasteiger partial charge is 0.256 e. The first kappa shape index (κ1) is 21.3. The van der Waals surface area contributed by atoms with E-state index in [2.05, 4.69) is 4.90 Å². The number of nitrogens with zero attached hydrogens (tertiary/aromatic N) is 3. The summed E-state index contributed by atoms with van der Waals surface area (Å²) in [4.78, 5) is 16.6. The van der Waals surface area contributed by atoms with Gasteiger partial charge in [0.2, 0.25) is 10.0 Å². The zero-order valence-corrected chi connectivity index (χ0v) is 17.6. The first-order valence-corrected chi connectivity index (χ1v) is 11.8. The number of hydrogen-bond acceptors (Lipinski definition) is 6. The van der Waals surface area contributed by atoms with Gasteiger partial charge < -0.3 is 14.1 Å². The van der Waals surface area contributed by atoms with Gasteiger partial charge in [-0.25, -0.2) is 12.7 Å². The van der Waals surface area contributed by atoms with Crippen molar-refractivity contribution in [2.75, 3.05) is 52.7 Å². The van der Waals surface area contributed by atoms with Crippen molar-refractivity contribution in [3.05, 3.63) is 24.2 Å². The number of furan rings is 1. The molecule has 8 nitrogen and oxygen atoms in total. The molecule has 2 aliphatic rings. The van der Waals surface area contributed by atoms with E-state index >= 15 is 0 Å². The largest absolute Gasteiger partial charge is 0.472 e. The number of amides is 1. The van der Waals surface area contributed by atoms with Crippen LogP contribution in [0.15, 0.2) is 23.0 Å². The molecule has 0 aliphatic carbocycles. The van der Waals surface area contributed by atoms with Crippen LogP contribution < -0.4 is 0 Å². The Labute approximate surface area is 167 Å². The molecule has 1 aromatic heterocycles.